The van der Waals surface area contributed by atoms with E-state index in [0.717, 1.165) is 32.4 Å². The van der Waals surface area contributed by atoms with Crippen LogP contribution in [0.25, 0.3) is 0 Å². The maximum atomic E-state index is 5.40. The van der Waals surface area contributed by atoms with E-state index in [1.165, 1.54) is 5.57 Å². The van der Waals surface area contributed by atoms with Crippen molar-refractivity contribution in [3.63, 3.8) is 0 Å². The summed E-state index contributed by atoms with van der Waals surface area (Å²) in [5, 5.41) is 3.52. The number of nitrogens with one attached hydrogen (secondary N) is 1. The molecule has 0 aliphatic carbocycles. The van der Waals surface area contributed by atoms with Gasteiger partial charge in [0.1, 0.15) is 0 Å². The second kappa shape index (κ2) is 6.85. The van der Waals surface area contributed by atoms with E-state index in [4.69, 9.17) is 9.47 Å². The SMILES string of the molecule is CCCNC(C1=COCCC1)C(C)OC. The van der Waals surface area contributed by atoms with Crippen LogP contribution in [0.4, 0.5) is 0 Å². The second-order valence-corrected chi connectivity index (χ2v) is 4.04. The summed E-state index contributed by atoms with van der Waals surface area (Å²) in [5.41, 5.74) is 1.34. The van der Waals surface area contributed by atoms with Gasteiger partial charge in [-0.05, 0) is 38.3 Å². The quantitative estimate of drug-likeness (QED) is 0.733. The molecule has 1 rings (SSSR count). The third kappa shape index (κ3) is 3.84. The minimum Gasteiger partial charge on any atom is -0.501 e. The summed E-state index contributed by atoms with van der Waals surface area (Å²) in [7, 11) is 1.76. The lowest BCUT2D eigenvalue weighted by atomic mass is 9.98. The van der Waals surface area contributed by atoms with E-state index in [2.05, 4.69) is 19.2 Å². The molecule has 2 atom stereocenters. The topological polar surface area (TPSA) is 30.5 Å². The fourth-order valence-electron chi connectivity index (χ4n) is 1.85. The highest BCUT2D eigenvalue weighted by molar-refractivity contribution is 5.12. The van der Waals surface area contributed by atoms with Crippen molar-refractivity contribution >= 4 is 0 Å². The van der Waals surface area contributed by atoms with Crippen LogP contribution in [0.15, 0.2) is 11.8 Å². The van der Waals surface area contributed by atoms with Crippen molar-refractivity contribution in [1.82, 2.24) is 5.32 Å². The van der Waals surface area contributed by atoms with Gasteiger partial charge in [-0.2, -0.15) is 0 Å². The summed E-state index contributed by atoms with van der Waals surface area (Å²) in [6.45, 7) is 6.15. The molecule has 1 N–H and O–H groups in total. The minimum absolute atomic E-state index is 0.199. The highest BCUT2D eigenvalue weighted by Gasteiger charge is 2.22. The summed E-state index contributed by atoms with van der Waals surface area (Å²) in [6, 6.07) is 0.301. The third-order valence-corrected chi connectivity index (χ3v) is 2.82. The van der Waals surface area contributed by atoms with Crippen molar-refractivity contribution in [2.24, 2.45) is 0 Å². The molecule has 0 amide bonds. The summed E-state index contributed by atoms with van der Waals surface area (Å²) in [6.07, 6.45) is 5.49. The van der Waals surface area contributed by atoms with Crippen molar-refractivity contribution < 1.29 is 9.47 Å². The van der Waals surface area contributed by atoms with Gasteiger partial charge < -0.3 is 14.8 Å². The van der Waals surface area contributed by atoms with Gasteiger partial charge in [0.2, 0.25) is 0 Å². The molecule has 1 aliphatic rings. The zero-order valence-corrected chi connectivity index (χ0v) is 10.1. The van der Waals surface area contributed by atoms with Gasteiger partial charge in [-0.3, -0.25) is 0 Å². The monoisotopic (exact) mass is 213 g/mol. The molecule has 3 nitrogen and oxygen atoms in total. The van der Waals surface area contributed by atoms with Gasteiger partial charge in [-0.25, -0.2) is 0 Å². The number of methoxy groups -OCH3 is 1. The fraction of sp³-hybridized carbons (Fsp3) is 0.833. The molecule has 15 heavy (non-hydrogen) atoms. The van der Waals surface area contributed by atoms with E-state index in [9.17, 15) is 0 Å². The number of rotatable bonds is 6. The molecule has 0 bridgehead atoms. The molecule has 0 fully saturated rings. The first-order valence-electron chi connectivity index (χ1n) is 5.86. The van der Waals surface area contributed by atoms with Crippen LogP contribution in [0.3, 0.4) is 0 Å². The zero-order chi connectivity index (χ0) is 11.1. The Morgan fingerprint density at radius 2 is 2.40 bits per heavy atom. The molecule has 0 saturated carbocycles. The fourth-order valence-corrected chi connectivity index (χ4v) is 1.85. The lowest BCUT2D eigenvalue weighted by Crippen LogP contribution is -2.41. The molecular weight excluding hydrogens is 190 g/mol. The van der Waals surface area contributed by atoms with Gasteiger partial charge in [0.15, 0.2) is 0 Å². The Balaban J connectivity index is 2.57. The molecule has 0 saturated heterocycles. The van der Waals surface area contributed by atoms with Crippen LogP contribution in [0, 0.1) is 0 Å². The van der Waals surface area contributed by atoms with E-state index in [1.807, 2.05) is 6.26 Å². The molecule has 2 unspecified atom stereocenters. The molecule has 0 spiro atoms. The van der Waals surface area contributed by atoms with E-state index >= 15 is 0 Å². The Bertz CT molecular complexity index is 204. The van der Waals surface area contributed by atoms with Crippen LogP contribution in [-0.2, 0) is 9.47 Å². The van der Waals surface area contributed by atoms with Gasteiger partial charge in [0.05, 0.1) is 25.0 Å². The minimum atomic E-state index is 0.199. The van der Waals surface area contributed by atoms with Crippen molar-refractivity contribution in [3.05, 3.63) is 11.8 Å². The molecule has 0 aromatic carbocycles. The number of ether oxygens (including phenoxy) is 2. The molecule has 0 radical (unpaired) electrons. The average Bonchev–Trinajstić information content (AvgIpc) is 2.30. The highest BCUT2D eigenvalue weighted by Crippen LogP contribution is 2.19. The van der Waals surface area contributed by atoms with Crippen LogP contribution in [-0.4, -0.2) is 32.4 Å². The molecule has 0 aromatic rings. The summed E-state index contributed by atoms with van der Waals surface area (Å²) >= 11 is 0. The number of hydrogen-bond acceptors (Lipinski definition) is 3. The Hall–Kier alpha value is -0.540. The normalized spacial score (nSPS) is 20.3. The van der Waals surface area contributed by atoms with Gasteiger partial charge in [0, 0.05) is 7.11 Å². The van der Waals surface area contributed by atoms with Crippen molar-refractivity contribution in [3.8, 4) is 0 Å². The van der Waals surface area contributed by atoms with Crippen molar-refractivity contribution in [2.75, 3.05) is 20.3 Å². The molecule has 0 aromatic heterocycles. The summed E-state index contributed by atoms with van der Waals surface area (Å²) in [5.74, 6) is 0. The largest absolute Gasteiger partial charge is 0.501 e. The molecule has 3 heteroatoms. The Kier molecular flexibility index (Phi) is 5.73. The summed E-state index contributed by atoms with van der Waals surface area (Å²) < 4.78 is 10.8. The summed E-state index contributed by atoms with van der Waals surface area (Å²) in [4.78, 5) is 0. The average molecular weight is 213 g/mol. The molecular formula is C12H23NO2. The van der Waals surface area contributed by atoms with E-state index in [-0.39, 0.29) is 6.10 Å². The van der Waals surface area contributed by atoms with Crippen LogP contribution in [0.5, 0.6) is 0 Å². The predicted molar refractivity (Wildman–Crippen MR) is 61.8 cm³/mol. The van der Waals surface area contributed by atoms with Crippen LogP contribution in [0.2, 0.25) is 0 Å². The lowest BCUT2D eigenvalue weighted by Gasteiger charge is -2.28. The standard InChI is InChI=1S/C12H23NO2/c1-4-7-13-12(10(2)14-3)11-6-5-8-15-9-11/h9-10,12-13H,4-8H2,1-3H3. The number of hydrogen-bond donors (Lipinski definition) is 1. The Labute approximate surface area is 92.8 Å². The zero-order valence-electron chi connectivity index (χ0n) is 10.1. The van der Waals surface area contributed by atoms with Crippen LogP contribution >= 0.6 is 0 Å². The van der Waals surface area contributed by atoms with Gasteiger partial charge in [-0.1, -0.05) is 6.92 Å². The molecule has 1 heterocycles. The Morgan fingerprint density at radius 1 is 1.60 bits per heavy atom. The van der Waals surface area contributed by atoms with Crippen molar-refractivity contribution in [2.45, 2.75) is 45.3 Å². The van der Waals surface area contributed by atoms with E-state index in [0.29, 0.717) is 6.04 Å². The maximum absolute atomic E-state index is 5.40. The third-order valence-electron chi connectivity index (χ3n) is 2.82. The first-order chi connectivity index (χ1) is 7.29. The highest BCUT2D eigenvalue weighted by atomic mass is 16.5. The second-order valence-electron chi connectivity index (χ2n) is 4.04. The Morgan fingerprint density at radius 3 is 2.93 bits per heavy atom. The van der Waals surface area contributed by atoms with Gasteiger partial charge >= 0.3 is 0 Å². The van der Waals surface area contributed by atoms with Crippen LogP contribution in [0.1, 0.15) is 33.1 Å². The predicted octanol–water partition coefficient (Wildman–Crippen LogP) is 2.08. The molecule has 1 aliphatic heterocycles. The van der Waals surface area contributed by atoms with Crippen LogP contribution < -0.4 is 5.32 Å². The van der Waals surface area contributed by atoms with E-state index < -0.39 is 0 Å². The van der Waals surface area contributed by atoms with Gasteiger partial charge in [0.25, 0.3) is 0 Å². The lowest BCUT2D eigenvalue weighted by molar-refractivity contribution is 0.0885. The first kappa shape index (κ1) is 12.5. The van der Waals surface area contributed by atoms with Gasteiger partial charge in [-0.15, -0.1) is 0 Å². The van der Waals surface area contributed by atoms with E-state index in [1.54, 1.807) is 7.11 Å². The first-order valence-corrected chi connectivity index (χ1v) is 5.86. The van der Waals surface area contributed by atoms with Crippen molar-refractivity contribution in [1.29, 1.82) is 0 Å². The smallest absolute Gasteiger partial charge is 0.0876 e. The molecule has 88 valence electrons. The maximum Gasteiger partial charge on any atom is 0.0876 e.